The number of carboxylic acids is 1. The molecule has 0 spiro atoms. The molecule has 0 radical (unpaired) electrons. The van der Waals surface area contributed by atoms with Gasteiger partial charge in [0.05, 0.1) is 25.5 Å². The lowest BCUT2D eigenvalue weighted by atomic mass is 9.89. The molecule has 1 aromatic rings. The van der Waals surface area contributed by atoms with Gasteiger partial charge in [-0.05, 0) is 31.6 Å². The molecular formula is C12H19N3O3. The zero-order valence-corrected chi connectivity index (χ0v) is 10.6. The van der Waals surface area contributed by atoms with E-state index in [1.807, 2.05) is 0 Å². The first-order chi connectivity index (χ1) is 8.65. The van der Waals surface area contributed by atoms with Crippen LogP contribution >= 0.6 is 0 Å². The Morgan fingerprint density at radius 3 is 2.83 bits per heavy atom. The summed E-state index contributed by atoms with van der Waals surface area (Å²) in [6.45, 7) is 3.38. The Kier molecular flexibility index (Phi) is 4.30. The number of aromatic carboxylic acids is 1. The normalized spacial score (nSPS) is 24.1. The largest absolute Gasteiger partial charge is 0.476 e. The molecule has 6 nitrogen and oxygen atoms in total. The quantitative estimate of drug-likeness (QED) is 0.861. The molecule has 2 rings (SSSR count). The summed E-state index contributed by atoms with van der Waals surface area (Å²) in [4.78, 5) is 10.6. The fraction of sp³-hybridized carbons (Fsp3) is 0.750. The molecule has 100 valence electrons. The average molecular weight is 253 g/mol. The summed E-state index contributed by atoms with van der Waals surface area (Å²) >= 11 is 0. The van der Waals surface area contributed by atoms with Gasteiger partial charge in [0.25, 0.3) is 0 Å². The zero-order valence-electron chi connectivity index (χ0n) is 10.6. The maximum atomic E-state index is 10.6. The summed E-state index contributed by atoms with van der Waals surface area (Å²) in [6.07, 6.45) is 6.49. The van der Waals surface area contributed by atoms with Gasteiger partial charge in [0, 0.05) is 0 Å². The summed E-state index contributed by atoms with van der Waals surface area (Å²) in [5, 5.41) is 16.0. The minimum Gasteiger partial charge on any atom is -0.476 e. The first-order valence-corrected chi connectivity index (χ1v) is 6.40. The van der Waals surface area contributed by atoms with Gasteiger partial charge in [0.15, 0.2) is 5.69 Å². The van der Waals surface area contributed by atoms with Crippen LogP contribution in [0.15, 0.2) is 6.20 Å². The molecule has 0 aromatic carbocycles. The van der Waals surface area contributed by atoms with Crippen LogP contribution in [0.5, 0.6) is 0 Å². The standard InChI is InChI=1S/C12H19N3O3/c1-9-2-4-10(5-3-9)18-7-6-15-8-11(12(16)17)13-14-15/h8-10H,2-7H2,1H3,(H,16,17). The Hall–Kier alpha value is -1.43. The number of carbonyl (C=O) groups is 1. The number of ether oxygens (including phenoxy) is 1. The fourth-order valence-electron chi connectivity index (χ4n) is 2.21. The maximum Gasteiger partial charge on any atom is 0.358 e. The molecule has 6 heteroatoms. The fourth-order valence-corrected chi connectivity index (χ4v) is 2.21. The highest BCUT2D eigenvalue weighted by Crippen LogP contribution is 2.25. The van der Waals surface area contributed by atoms with Crippen molar-refractivity contribution in [1.82, 2.24) is 15.0 Å². The van der Waals surface area contributed by atoms with Crippen LogP contribution in [0.2, 0.25) is 0 Å². The van der Waals surface area contributed by atoms with Crippen molar-refractivity contribution in [3.05, 3.63) is 11.9 Å². The van der Waals surface area contributed by atoms with E-state index in [0.717, 1.165) is 18.8 Å². The Morgan fingerprint density at radius 2 is 2.22 bits per heavy atom. The van der Waals surface area contributed by atoms with Crippen LogP contribution in [0.1, 0.15) is 43.1 Å². The van der Waals surface area contributed by atoms with E-state index in [-0.39, 0.29) is 5.69 Å². The third-order valence-electron chi connectivity index (χ3n) is 3.39. The van der Waals surface area contributed by atoms with E-state index in [2.05, 4.69) is 17.2 Å². The molecule has 1 aromatic heterocycles. The number of aromatic nitrogens is 3. The van der Waals surface area contributed by atoms with Crippen molar-refractivity contribution in [2.24, 2.45) is 5.92 Å². The topological polar surface area (TPSA) is 77.2 Å². The predicted molar refractivity (Wildman–Crippen MR) is 64.4 cm³/mol. The molecule has 0 aliphatic heterocycles. The van der Waals surface area contributed by atoms with Gasteiger partial charge in [0.2, 0.25) is 0 Å². The molecule has 0 amide bonds. The Labute approximate surface area is 106 Å². The second-order valence-corrected chi connectivity index (χ2v) is 4.92. The molecule has 0 atom stereocenters. The minimum atomic E-state index is -1.05. The van der Waals surface area contributed by atoms with E-state index in [4.69, 9.17) is 9.84 Å². The van der Waals surface area contributed by atoms with E-state index < -0.39 is 5.97 Å². The Bertz CT molecular complexity index is 397. The summed E-state index contributed by atoms with van der Waals surface area (Å²) < 4.78 is 7.28. The van der Waals surface area contributed by atoms with Crippen LogP contribution in [0, 0.1) is 5.92 Å². The van der Waals surface area contributed by atoms with E-state index in [9.17, 15) is 4.79 Å². The zero-order chi connectivity index (χ0) is 13.0. The van der Waals surface area contributed by atoms with Gasteiger partial charge < -0.3 is 9.84 Å². The smallest absolute Gasteiger partial charge is 0.358 e. The summed E-state index contributed by atoms with van der Waals surface area (Å²) in [6, 6.07) is 0. The van der Waals surface area contributed by atoms with Crippen LogP contribution in [0.4, 0.5) is 0 Å². The Morgan fingerprint density at radius 1 is 1.50 bits per heavy atom. The number of carboxylic acid groups (broad SMARTS) is 1. The van der Waals surface area contributed by atoms with Gasteiger partial charge in [0.1, 0.15) is 0 Å². The first-order valence-electron chi connectivity index (χ1n) is 6.40. The van der Waals surface area contributed by atoms with Crippen molar-refractivity contribution in [3.63, 3.8) is 0 Å². The van der Waals surface area contributed by atoms with Crippen LogP contribution in [-0.4, -0.2) is 38.8 Å². The van der Waals surface area contributed by atoms with Crippen LogP contribution in [0.25, 0.3) is 0 Å². The molecule has 1 N–H and O–H groups in total. The summed E-state index contributed by atoms with van der Waals surface area (Å²) in [5.74, 6) is -0.235. The van der Waals surface area contributed by atoms with Crippen molar-refractivity contribution in [1.29, 1.82) is 0 Å². The minimum absolute atomic E-state index is 0.0264. The van der Waals surface area contributed by atoms with Gasteiger partial charge in [-0.25, -0.2) is 9.48 Å². The molecule has 1 aliphatic rings. The SMILES string of the molecule is CC1CCC(OCCn2cc(C(=O)O)nn2)CC1. The van der Waals surface area contributed by atoms with Gasteiger partial charge in [-0.1, -0.05) is 12.1 Å². The van der Waals surface area contributed by atoms with Gasteiger partial charge >= 0.3 is 5.97 Å². The number of rotatable bonds is 5. The van der Waals surface area contributed by atoms with Gasteiger partial charge in [-0.15, -0.1) is 5.10 Å². The average Bonchev–Trinajstić information content (AvgIpc) is 2.81. The molecule has 1 fully saturated rings. The second kappa shape index (κ2) is 5.95. The highest BCUT2D eigenvalue weighted by Gasteiger charge is 2.18. The Balaban J connectivity index is 1.70. The summed E-state index contributed by atoms with van der Waals surface area (Å²) in [7, 11) is 0. The monoisotopic (exact) mass is 253 g/mol. The molecule has 0 unspecified atom stereocenters. The predicted octanol–water partition coefficient (Wildman–Crippen LogP) is 1.57. The molecule has 0 saturated heterocycles. The third kappa shape index (κ3) is 3.53. The van der Waals surface area contributed by atoms with Crippen LogP contribution in [-0.2, 0) is 11.3 Å². The molecule has 1 saturated carbocycles. The highest BCUT2D eigenvalue weighted by atomic mass is 16.5. The lowest BCUT2D eigenvalue weighted by Gasteiger charge is -2.26. The lowest BCUT2D eigenvalue weighted by Crippen LogP contribution is -2.22. The van der Waals surface area contributed by atoms with Crippen molar-refractivity contribution < 1.29 is 14.6 Å². The molecule has 1 aliphatic carbocycles. The van der Waals surface area contributed by atoms with Crippen molar-refractivity contribution in [2.45, 2.75) is 45.3 Å². The van der Waals surface area contributed by atoms with Crippen molar-refractivity contribution in [2.75, 3.05) is 6.61 Å². The van der Waals surface area contributed by atoms with E-state index in [1.165, 1.54) is 23.7 Å². The van der Waals surface area contributed by atoms with E-state index in [1.54, 1.807) is 0 Å². The number of hydrogen-bond acceptors (Lipinski definition) is 4. The number of hydrogen-bond donors (Lipinski definition) is 1. The molecule has 18 heavy (non-hydrogen) atoms. The molecule has 1 heterocycles. The van der Waals surface area contributed by atoms with Crippen LogP contribution in [0.3, 0.4) is 0 Å². The van der Waals surface area contributed by atoms with Crippen molar-refractivity contribution >= 4 is 5.97 Å². The first kappa shape index (κ1) is 13.0. The van der Waals surface area contributed by atoms with Crippen LogP contribution < -0.4 is 0 Å². The van der Waals surface area contributed by atoms with Crippen molar-refractivity contribution in [3.8, 4) is 0 Å². The molecule has 0 bridgehead atoms. The van der Waals surface area contributed by atoms with E-state index in [0.29, 0.717) is 19.3 Å². The summed E-state index contributed by atoms with van der Waals surface area (Å²) in [5.41, 5.74) is -0.0264. The van der Waals surface area contributed by atoms with Gasteiger partial charge in [-0.2, -0.15) is 0 Å². The number of nitrogens with zero attached hydrogens (tertiary/aromatic N) is 3. The van der Waals surface area contributed by atoms with Gasteiger partial charge in [-0.3, -0.25) is 0 Å². The maximum absolute atomic E-state index is 10.6. The molecular weight excluding hydrogens is 234 g/mol. The lowest BCUT2D eigenvalue weighted by molar-refractivity contribution is 0.0145. The third-order valence-corrected chi connectivity index (χ3v) is 3.39. The highest BCUT2D eigenvalue weighted by molar-refractivity contribution is 5.84. The second-order valence-electron chi connectivity index (χ2n) is 4.92. The van der Waals surface area contributed by atoms with E-state index >= 15 is 0 Å².